The van der Waals surface area contributed by atoms with Crippen molar-refractivity contribution in [1.82, 2.24) is 5.43 Å². The summed E-state index contributed by atoms with van der Waals surface area (Å²) in [6.07, 6.45) is 6.69. The number of hydrazone groups is 1. The summed E-state index contributed by atoms with van der Waals surface area (Å²) < 4.78 is 6.39. The molecule has 4 nitrogen and oxygen atoms in total. The second kappa shape index (κ2) is 8.20. The summed E-state index contributed by atoms with van der Waals surface area (Å²) in [5.74, 6) is 2.80. The van der Waals surface area contributed by atoms with E-state index in [9.17, 15) is 4.79 Å². The molecule has 0 radical (unpaired) electrons. The van der Waals surface area contributed by atoms with E-state index in [0.29, 0.717) is 11.3 Å². The molecule has 0 aliphatic heterocycles. The molecule has 0 aliphatic rings. The first-order valence-electron chi connectivity index (χ1n) is 6.44. The molecule has 2 rings (SSSR count). The van der Waals surface area contributed by atoms with E-state index in [0.717, 1.165) is 9.13 Å². The molecule has 0 unspecified atom stereocenters. The Morgan fingerprint density at radius 3 is 2.82 bits per heavy atom. The van der Waals surface area contributed by atoms with Crippen molar-refractivity contribution in [2.24, 2.45) is 5.10 Å². The molecule has 0 heterocycles. The van der Waals surface area contributed by atoms with Gasteiger partial charge in [-0.3, -0.25) is 4.79 Å². The Morgan fingerprint density at radius 1 is 1.32 bits per heavy atom. The van der Waals surface area contributed by atoms with E-state index >= 15 is 0 Å². The summed E-state index contributed by atoms with van der Waals surface area (Å²) in [5.41, 5.74) is 3.85. The zero-order valence-corrected chi connectivity index (χ0v) is 13.8. The van der Waals surface area contributed by atoms with Gasteiger partial charge in [0.2, 0.25) is 0 Å². The Hall–Kier alpha value is -2.33. The molecule has 0 saturated heterocycles. The zero-order valence-electron chi connectivity index (χ0n) is 11.6. The number of hydrogen-bond donors (Lipinski definition) is 1. The maximum absolute atomic E-state index is 11.9. The first-order chi connectivity index (χ1) is 10.7. The number of nitrogens with one attached hydrogen (secondary N) is 1. The van der Waals surface area contributed by atoms with Crippen molar-refractivity contribution < 1.29 is 9.53 Å². The van der Waals surface area contributed by atoms with E-state index in [2.05, 4.69) is 39.0 Å². The van der Waals surface area contributed by atoms with Crippen molar-refractivity contribution in [2.75, 3.05) is 6.61 Å². The maximum atomic E-state index is 11.9. The Bertz CT molecular complexity index is 718. The van der Waals surface area contributed by atoms with E-state index in [1.807, 2.05) is 24.3 Å². The Kier molecular flexibility index (Phi) is 5.98. The van der Waals surface area contributed by atoms with Crippen molar-refractivity contribution in [1.29, 1.82) is 0 Å². The third-order valence-electron chi connectivity index (χ3n) is 2.67. The summed E-state index contributed by atoms with van der Waals surface area (Å²) in [5, 5.41) is 3.94. The lowest BCUT2D eigenvalue weighted by atomic mass is 10.2. The van der Waals surface area contributed by atoms with Crippen molar-refractivity contribution >= 4 is 34.7 Å². The number of carbonyl (C=O) groups excluding carboxylic acids is 1. The van der Waals surface area contributed by atoms with Crippen LogP contribution in [-0.2, 0) is 0 Å². The Balaban J connectivity index is 1.96. The molecule has 110 valence electrons. The third kappa shape index (κ3) is 4.90. The molecule has 0 fully saturated rings. The van der Waals surface area contributed by atoms with Crippen molar-refractivity contribution in [2.45, 2.75) is 0 Å². The van der Waals surface area contributed by atoms with Crippen LogP contribution in [0, 0.1) is 15.9 Å². The average molecular weight is 404 g/mol. The van der Waals surface area contributed by atoms with E-state index < -0.39 is 0 Å². The quantitative estimate of drug-likeness (QED) is 0.361. The van der Waals surface area contributed by atoms with Crippen LogP contribution in [0.4, 0.5) is 0 Å². The lowest BCUT2D eigenvalue weighted by molar-refractivity contribution is 0.0955. The van der Waals surface area contributed by atoms with Gasteiger partial charge in [0.25, 0.3) is 5.91 Å². The summed E-state index contributed by atoms with van der Waals surface area (Å²) in [6, 6.07) is 14.5. The van der Waals surface area contributed by atoms with E-state index in [1.54, 1.807) is 30.5 Å². The fraction of sp³-hybridized carbons (Fsp3) is 0.0588. The number of rotatable bonds is 5. The summed E-state index contributed by atoms with van der Waals surface area (Å²) >= 11 is 2.18. The minimum atomic E-state index is -0.257. The summed E-state index contributed by atoms with van der Waals surface area (Å²) in [4.78, 5) is 11.9. The lowest BCUT2D eigenvalue weighted by Gasteiger charge is -2.03. The van der Waals surface area contributed by atoms with Crippen LogP contribution < -0.4 is 10.2 Å². The van der Waals surface area contributed by atoms with Gasteiger partial charge in [0.1, 0.15) is 12.4 Å². The molecular formula is C17H13IN2O2. The van der Waals surface area contributed by atoms with Gasteiger partial charge in [0, 0.05) is 9.13 Å². The van der Waals surface area contributed by atoms with Gasteiger partial charge in [-0.2, -0.15) is 5.10 Å². The van der Waals surface area contributed by atoms with Gasteiger partial charge < -0.3 is 4.74 Å². The Morgan fingerprint density at radius 2 is 2.09 bits per heavy atom. The van der Waals surface area contributed by atoms with Gasteiger partial charge in [-0.25, -0.2) is 5.43 Å². The molecule has 22 heavy (non-hydrogen) atoms. The van der Waals surface area contributed by atoms with Crippen LogP contribution in [0.25, 0.3) is 0 Å². The minimum absolute atomic E-state index is 0.212. The number of terminal acetylenes is 1. The maximum Gasteiger partial charge on any atom is 0.271 e. The van der Waals surface area contributed by atoms with Crippen LogP contribution in [0.3, 0.4) is 0 Å². The Labute approximate surface area is 142 Å². The number of benzene rings is 2. The second-order valence-corrected chi connectivity index (χ2v) is 5.52. The third-order valence-corrected chi connectivity index (χ3v) is 3.39. The molecule has 5 heteroatoms. The smallest absolute Gasteiger partial charge is 0.271 e. The van der Waals surface area contributed by atoms with Gasteiger partial charge in [-0.15, -0.1) is 6.42 Å². The van der Waals surface area contributed by atoms with E-state index in [-0.39, 0.29) is 12.5 Å². The van der Waals surface area contributed by atoms with Crippen LogP contribution in [0.5, 0.6) is 5.75 Å². The SMILES string of the molecule is C#CCOc1cccc(/C=N\NC(=O)c2ccc(I)cc2)c1. The lowest BCUT2D eigenvalue weighted by Crippen LogP contribution is -2.17. The van der Waals surface area contributed by atoms with Crippen LogP contribution in [0.1, 0.15) is 15.9 Å². The molecule has 0 bridgehead atoms. The van der Waals surface area contributed by atoms with Crippen LogP contribution in [0.2, 0.25) is 0 Å². The van der Waals surface area contributed by atoms with Gasteiger partial charge in [-0.05, 0) is 64.6 Å². The molecule has 0 saturated carbocycles. The van der Waals surface area contributed by atoms with Gasteiger partial charge >= 0.3 is 0 Å². The molecule has 2 aromatic rings. The number of nitrogens with zero attached hydrogens (tertiary/aromatic N) is 1. The summed E-state index contributed by atoms with van der Waals surface area (Å²) in [6.45, 7) is 0.212. The van der Waals surface area contributed by atoms with Gasteiger partial charge in [0.05, 0.1) is 6.21 Å². The fourth-order valence-corrected chi connectivity index (χ4v) is 2.00. The van der Waals surface area contributed by atoms with E-state index in [1.165, 1.54) is 0 Å². The number of ether oxygens (including phenoxy) is 1. The minimum Gasteiger partial charge on any atom is -0.481 e. The first-order valence-corrected chi connectivity index (χ1v) is 7.52. The highest BCUT2D eigenvalue weighted by Gasteiger charge is 2.02. The predicted octanol–water partition coefficient (Wildman–Crippen LogP) is 3.07. The molecule has 2 aromatic carbocycles. The molecule has 0 atom stereocenters. The van der Waals surface area contributed by atoms with E-state index in [4.69, 9.17) is 11.2 Å². The predicted molar refractivity (Wildman–Crippen MR) is 95.0 cm³/mol. The highest BCUT2D eigenvalue weighted by atomic mass is 127. The van der Waals surface area contributed by atoms with Crippen molar-refractivity contribution in [3.63, 3.8) is 0 Å². The van der Waals surface area contributed by atoms with Crippen molar-refractivity contribution in [3.8, 4) is 18.1 Å². The summed E-state index contributed by atoms with van der Waals surface area (Å²) in [7, 11) is 0. The highest BCUT2D eigenvalue weighted by Crippen LogP contribution is 2.11. The number of hydrogen-bond acceptors (Lipinski definition) is 3. The molecule has 1 amide bonds. The largest absolute Gasteiger partial charge is 0.481 e. The molecule has 1 N–H and O–H groups in total. The number of carbonyl (C=O) groups is 1. The fourth-order valence-electron chi connectivity index (χ4n) is 1.64. The highest BCUT2D eigenvalue weighted by molar-refractivity contribution is 14.1. The number of amides is 1. The average Bonchev–Trinajstić information content (AvgIpc) is 2.54. The first kappa shape index (κ1) is 16.0. The monoisotopic (exact) mass is 404 g/mol. The van der Waals surface area contributed by atoms with Crippen LogP contribution in [0.15, 0.2) is 53.6 Å². The van der Waals surface area contributed by atoms with Gasteiger partial charge in [-0.1, -0.05) is 18.1 Å². The standard InChI is InChI=1S/C17H13IN2O2/c1-2-10-22-16-5-3-4-13(11-16)12-19-20-17(21)14-6-8-15(18)9-7-14/h1,3-9,11-12H,10H2,(H,20,21)/b19-12-. The van der Waals surface area contributed by atoms with Gasteiger partial charge in [0.15, 0.2) is 0 Å². The molecule has 0 aromatic heterocycles. The normalized spacial score (nSPS) is 10.2. The zero-order chi connectivity index (χ0) is 15.8. The van der Waals surface area contributed by atoms with Crippen LogP contribution >= 0.6 is 22.6 Å². The van der Waals surface area contributed by atoms with Crippen molar-refractivity contribution in [3.05, 3.63) is 63.2 Å². The molecular weight excluding hydrogens is 391 g/mol. The second-order valence-electron chi connectivity index (χ2n) is 4.27. The topological polar surface area (TPSA) is 50.7 Å². The molecule has 0 spiro atoms. The number of halogens is 1. The van der Waals surface area contributed by atoms with Crippen LogP contribution in [-0.4, -0.2) is 18.7 Å². The molecule has 0 aliphatic carbocycles.